The molecule has 0 bridgehead atoms. The van der Waals surface area contributed by atoms with Crippen molar-refractivity contribution in [3.05, 3.63) is 77.0 Å². The highest BCUT2D eigenvalue weighted by Gasteiger charge is 2.45. The summed E-state index contributed by atoms with van der Waals surface area (Å²) in [5, 5.41) is 37.2. The number of fused-ring (bicyclic) bond motifs is 3. The Labute approximate surface area is 401 Å². The van der Waals surface area contributed by atoms with Crippen LogP contribution in [0.15, 0.2) is 54.6 Å². The molecule has 0 aliphatic carbocycles. The van der Waals surface area contributed by atoms with Gasteiger partial charge in [0.1, 0.15) is 17.8 Å². The molecule has 15 nitrogen and oxygen atoms in total. The topological polar surface area (TPSA) is 173 Å². The van der Waals surface area contributed by atoms with Gasteiger partial charge in [-0.3, -0.25) is 14.5 Å². The van der Waals surface area contributed by atoms with Gasteiger partial charge in [0.15, 0.2) is 5.65 Å². The number of hydrogen-bond acceptors (Lipinski definition) is 10. The minimum absolute atomic E-state index is 0.0335. The van der Waals surface area contributed by atoms with Crippen LogP contribution in [0.25, 0.3) is 22.3 Å². The van der Waals surface area contributed by atoms with Gasteiger partial charge in [-0.05, 0) is 124 Å². The summed E-state index contributed by atoms with van der Waals surface area (Å²) in [6.07, 6.45) is 12.3. The number of piperidine rings is 3. The summed E-state index contributed by atoms with van der Waals surface area (Å²) >= 11 is 0. The van der Waals surface area contributed by atoms with E-state index in [0.29, 0.717) is 42.3 Å². The molecule has 4 aromatic rings. The molecule has 0 saturated carbocycles. The number of aromatic amines is 1. The number of nitrogens with zero attached hydrogens (tertiary/aromatic N) is 7. The number of benzene rings is 2. The highest BCUT2D eigenvalue weighted by atomic mass is 16.3. The minimum atomic E-state index is -0.874. The molecule has 2 aromatic heterocycles. The van der Waals surface area contributed by atoms with Crippen LogP contribution >= 0.6 is 0 Å². The Morgan fingerprint density at radius 1 is 0.912 bits per heavy atom. The van der Waals surface area contributed by atoms with E-state index in [9.17, 15) is 24.6 Å². The van der Waals surface area contributed by atoms with Gasteiger partial charge in [-0.1, -0.05) is 51.0 Å². The predicted octanol–water partition coefficient (Wildman–Crippen LogP) is 5.27. The number of urea groups is 1. The van der Waals surface area contributed by atoms with Crippen molar-refractivity contribution >= 4 is 28.9 Å². The lowest BCUT2D eigenvalue weighted by atomic mass is 9.85. The van der Waals surface area contributed by atoms with Crippen molar-refractivity contribution in [2.75, 3.05) is 58.9 Å². The van der Waals surface area contributed by atoms with Gasteiger partial charge in [0, 0.05) is 92.4 Å². The Morgan fingerprint density at radius 3 is 2.31 bits per heavy atom. The quantitative estimate of drug-likeness (QED) is 0.132. The van der Waals surface area contributed by atoms with Crippen LogP contribution in [0.3, 0.4) is 0 Å². The maximum Gasteiger partial charge on any atom is 0.318 e. The molecule has 5 aliphatic rings. The molecule has 0 spiro atoms. The first-order valence-corrected chi connectivity index (χ1v) is 25.0. The lowest BCUT2D eigenvalue weighted by Crippen LogP contribution is -2.60. The van der Waals surface area contributed by atoms with Gasteiger partial charge in [0.2, 0.25) is 11.8 Å². The Morgan fingerprint density at radius 2 is 1.62 bits per heavy atom. The molecule has 5 aliphatic heterocycles. The number of aromatic nitrogens is 3. The molecule has 9 rings (SSSR count). The van der Waals surface area contributed by atoms with E-state index in [0.717, 1.165) is 80.7 Å². The number of phenolic OH excluding ortho intramolecular Hbond substituents is 1. The van der Waals surface area contributed by atoms with Gasteiger partial charge in [-0.15, -0.1) is 16.6 Å². The number of carbonyl (C=O) groups excluding carboxylic acids is 3. The first-order chi connectivity index (χ1) is 32.7. The first-order valence-electron chi connectivity index (χ1n) is 25.0. The number of aromatic hydroxyl groups is 1. The fraction of sp³-hybridized carbons (Fsp3) is 0.566. The molecule has 0 unspecified atom stereocenters. The van der Waals surface area contributed by atoms with E-state index in [4.69, 9.17) is 6.42 Å². The van der Waals surface area contributed by atoms with Crippen LogP contribution in [0.2, 0.25) is 0 Å². The first kappa shape index (κ1) is 47.5. The molecule has 4 saturated heterocycles. The smallest absolute Gasteiger partial charge is 0.318 e. The summed E-state index contributed by atoms with van der Waals surface area (Å²) in [5.41, 5.74) is 5.77. The van der Waals surface area contributed by atoms with Gasteiger partial charge < -0.3 is 45.4 Å². The van der Waals surface area contributed by atoms with Gasteiger partial charge in [0.05, 0.1) is 11.8 Å². The number of para-hydroxylation sites is 1. The minimum Gasteiger partial charge on any atom is -0.507 e. The summed E-state index contributed by atoms with van der Waals surface area (Å²) < 4.78 is 0. The second-order valence-corrected chi connectivity index (χ2v) is 21.1. The number of amides is 4. The van der Waals surface area contributed by atoms with Crippen LogP contribution in [0.5, 0.6) is 5.75 Å². The Kier molecular flexibility index (Phi) is 14.1. The van der Waals surface area contributed by atoms with E-state index in [1.807, 2.05) is 68.1 Å². The largest absolute Gasteiger partial charge is 0.507 e. The molecule has 5 N–H and O–H groups in total. The molecule has 7 heterocycles. The van der Waals surface area contributed by atoms with Gasteiger partial charge in [-0.2, -0.15) is 0 Å². The highest BCUT2D eigenvalue weighted by Crippen LogP contribution is 2.40. The number of aliphatic hydroxyl groups is 1. The fourth-order valence-corrected chi connectivity index (χ4v) is 11.8. The number of β-amino-alcohol motifs (C(OH)–C–C–N with tert-alkyl or cyclic N) is 1. The van der Waals surface area contributed by atoms with E-state index >= 15 is 0 Å². The molecule has 0 radical (unpaired) electrons. The lowest BCUT2D eigenvalue weighted by molar-refractivity contribution is -0.142. The van der Waals surface area contributed by atoms with Crippen LogP contribution < -0.4 is 10.6 Å². The van der Waals surface area contributed by atoms with Crippen LogP contribution in [-0.4, -0.2) is 157 Å². The van der Waals surface area contributed by atoms with Crippen molar-refractivity contribution in [1.29, 1.82) is 0 Å². The zero-order valence-electron chi connectivity index (χ0n) is 40.3. The molecule has 4 atom stereocenters. The zero-order chi connectivity index (χ0) is 47.7. The van der Waals surface area contributed by atoms with Crippen LogP contribution in [0.4, 0.5) is 4.79 Å². The predicted molar refractivity (Wildman–Crippen MR) is 262 cm³/mol. The van der Waals surface area contributed by atoms with Gasteiger partial charge in [-0.25, -0.2) is 4.79 Å². The average Bonchev–Trinajstić information content (AvgIpc) is 3.93. The molecule has 15 heteroatoms. The highest BCUT2D eigenvalue weighted by molar-refractivity contribution is 5.93. The fourth-order valence-electron chi connectivity index (χ4n) is 11.8. The second-order valence-electron chi connectivity index (χ2n) is 21.1. The maximum atomic E-state index is 14.2. The Balaban J connectivity index is 0.712. The second kappa shape index (κ2) is 20.2. The normalized spacial score (nSPS) is 23.3. The van der Waals surface area contributed by atoms with Crippen molar-refractivity contribution in [3.8, 4) is 29.4 Å². The number of carbonyl (C=O) groups is 3. The third-order valence-electron chi connectivity index (χ3n) is 15.7. The summed E-state index contributed by atoms with van der Waals surface area (Å²) in [6, 6.07) is 16.2. The number of terminal acetylenes is 1. The summed E-state index contributed by atoms with van der Waals surface area (Å²) in [5.74, 6) is 2.61. The van der Waals surface area contributed by atoms with E-state index in [2.05, 4.69) is 59.4 Å². The summed E-state index contributed by atoms with van der Waals surface area (Å²) in [6.45, 7) is 16.2. The van der Waals surface area contributed by atoms with Crippen molar-refractivity contribution < 1.29 is 24.6 Å². The third-order valence-corrected chi connectivity index (χ3v) is 15.7. The van der Waals surface area contributed by atoms with E-state index in [1.165, 1.54) is 41.8 Å². The number of hydrogen-bond donors (Lipinski definition) is 5. The number of rotatable bonds is 10. The van der Waals surface area contributed by atoms with E-state index in [1.54, 1.807) is 6.07 Å². The van der Waals surface area contributed by atoms with Crippen molar-refractivity contribution in [2.45, 2.75) is 122 Å². The molecular formula is C53H70N10O5. The van der Waals surface area contributed by atoms with Crippen LogP contribution in [0, 0.1) is 23.7 Å². The zero-order valence-corrected chi connectivity index (χ0v) is 40.3. The molecule has 4 fully saturated rings. The lowest BCUT2D eigenvalue weighted by Gasteiger charge is -2.46. The molecular weight excluding hydrogens is 857 g/mol. The van der Waals surface area contributed by atoms with Gasteiger partial charge >= 0.3 is 6.03 Å². The summed E-state index contributed by atoms with van der Waals surface area (Å²) in [7, 11) is 0. The molecule has 68 heavy (non-hydrogen) atoms. The van der Waals surface area contributed by atoms with E-state index in [-0.39, 0.29) is 49.1 Å². The number of phenols is 1. The number of likely N-dealkylation sites (tertiary alicyclic amines) is 4. The van der Waals surface area contributed by atoms with Crippen LogP contribution in [-0.2, 0) is 22.6 Å². The Hall–Kier alpha value is -5.53. The van der Waals surface area contributed by atoms with E-state index < -0.39 is 23.6 Å². The van der Waals surface area contributed by atoms with Crippen molar-refractivity contribution in [2.24, 2.45) is 11.3 Å². The summed E-state index contributed by atoms with van der Waals surface area (Å²) in [4.78, 5) is 56.3. The average molecular weight is 927 g/mol. The molecule has 4 amide bonds. The molecule has 362 valence electrons. The number of nitrogens with one attached hydrogen (secondary N) is 3. The monoisotopic (exact) mass is 927 g/mol. The van der Waals surface area contributed by atoms with Gasteiger partial charge in [0.25, 0.3) is 0 Å². The Bertz CT molecular complexity index is 2470. The van der Waals surface area contributed by atoms with Crippen molar-refractivity contribution in [3.63, 3.8) is 0 Å². The maximum absolute atomic E-state index is 14.2. The van der Waals surface area contributed by atoms with Crippen molar-refractivity contribution in [1.82, 2.24) is 50.3 Å². The number of H-pyrrole nitrogens is 1. The molecule has 2 aromatic carbocycles. The SMILES string of the molecule is C#Cc1ccc(CNC(=O)[C@@H]2C[C@@H](O)CN2C(=O)[C@@H](NC(=O)N2CCC(CN3CCC(N4CCC(N5CCc6[nH]c7nnc(-c8ccccc8O)cc7c6[C@H]5C)CC4)CC3)CC2)C(C)(C)C)cc1. The third kappa shape index (κ3) is 10.2. The number of aliphatic hydroxyl groups excluding tert-OH is 1. The standard InChI is InChI=1S/C53H70N10O5/c1-6-35-11-13-36(14-12-35)31-54-50(66)45-29-40(64)33-63(45)51(67)48(53(3,4)5)56-52(68)61-24-15-37(16-25-61)32-59-22-17-38(18-23-59)60-26-19-39(20-27-60)62-28-21-43-47(34(62)2)42-30-44(57-58-49(42)55-43)41-9-7-8-10-46(41)65/h1,7-14,30,34,37-40,45,48,64-65H,15-29,31-33H2,2-5H3,(H,54,66)(H,55,58)(H,56,68)/t34-,40-,45+,48-/m1/s1. The van der Waals surface area contributed by atoms with Crippen LogP contribution in [0.1, 0.15) is 101 Å².